The van der Waals surface area contributed by atoms with Crippen molar-refractivity contribution < 1.29 is 28.3 Å². The second kappa shape index (κ2) is 13.6. The first-order chi connectivity index (χ1) is 22.2. The number of halogens is 1. The summed E-state index contributed by atoms with van der Waals surface area (Å²) in [4.78, 5) is 64.7. The first-order valence-corrected chi connectivity index (χ1v) is 16.5. The molecule has 7 rings (SSSR count). The summed E-state index contributed by atoms with van der Waals surface area (Å²) in [6, 6.07) is 8.17. The number of pyridine rings is 1. The van der Waals surface area contributed by atoms with E-state index in [1.807, 2.05) is 0 Å². The summed E-state index contributed by atoms with van der Waals surface area (Å²) in [5.41, 5.74) is -0.588. The molecule has 12 heteroatoms. The van der Waals surface area contributed by atoms with Gasteiger partial charge < -0.3 is 25.3 Å². The number of anilines is 1. The van der Waals surface area contributed by atoms with Crippen LogP contribution in [0.15, 0.2) is 59.5 Å². The van der Waals surface area contributed by atoms with Gasteiger partial charge in [0.2, 0.25) is 11.8 Å². The summed E-state index contributed by atoms with van der Waals surface area (Å²) in [7, 11) is 1.25. The average Bonchev–Trinajstić information content (AvgIpc) is 3.48. The smallest absolute Gasteiger partial charge is 0.330 e. The lowest BCUT2D eigenvalue weighted by Gasteiger charge is -2.54. The molecule has 1 aromatic carbocycles. The number of carbonyl (C=O) groups is 4. The van der Waals surface area contributed by atoms with Gasteiger partial charge in [-0.3, -0.25) is 19.2 Å². The average molecular weight is 649 g/mol. The number of amides is 3. The molecule has 0 radical (unpaired) electrons. The van der Waals surface area contributed by atoms with Gasteiger partial charge in [0.15, 0.2) is 0 Å². The van der Waals surface area contributed by atoms with E-state index >= 15 is 0 Å². The third kappa shape index (κ3) is 6.91. The van der Waals surface area contributed by atoms with Crippen LogP contribution >= 0.6 is 11.3 Å². The zero-order valence-electron chi connectivity index (χ0n) is 25.5. The number of fused-ring (bicyclic) bond motifs is 1. The minimum atomic E-state index is -1.10. The molecular weight excluding hydrogens is 611 g/mol. The Morgan fingerprint density at radius 1 is 1.07 bits per heavy atom. The lowest BCUT2D eigenvalue weighted by Crippen LogP contribution is -2.56. The number of nitrogens with one attached hydrogen (secondary N) is 3. The van der Waals surface area contributed by atoms with Crippen LogP contribution in [0, 0.1) is 29.5 Å². The van der Waals surface area contributed by atoms with Crippen LogP contribution in [0.3, 0.4) is 0 Å². The summed E-state index contributed by atoms with van der Waals surface area (Å²) in [6.07, 6.45) is 10.5. The first-order valence-electron chi connectivity index (χ1n) is 15.7. The predicted octanol–water partition coefficient (Wildman–Crippen LogP) is 4.39. The zero-order valence-corrected chi connectivity index (χ0v) is 26.3. The Hall–Kier alpha value is -4.32. The molecule has 2 aromatic heterocycles. The van der Waals surface area contributed by atoms with Gasteiger partial charge in [-0.25, -0.2) is 9.18 Å². The molecular formula is C34H37FN4O6S. The van der Waals surface area contributed by atoms with Gasteiger partial charge >= 0.3 is 5.97 Å². The molecule has 4 aliphatic carbocycles. The maximum absolute atomic E-state index is 14.2. The number of thiophene rings is 1. The maximum Gasteiger partial charge on any atom is 0.330 e. The lowest BCUT2D eigenvalue weighted by atomic mass is 9.54. The van der Waals surface area contributed by atoms with Crippen LogP contribution in [0.1, 0.15) is 54.6 Å². The zero-order chi connectivity index (χ0) is 32.4. The Kier molecular flexibility index (Phi) is 9.34. The highest BCUT2D eigenvalue weighted by Crippen LogP contribution is 2.53. The second-order valence-corrected chi connectivity index (χ2v) is 13.7. The second-order valence-electron chi connectivity index (χ2n) is 12.7. The van der Waals surface area contributed by atoms with Gasteiger partial charge in [0.05, 0.1) is 16.7 Å². The Labute approximate surface area is 269 Å². The molecule has 2 heterocycles. The number of esters is 1. The van der Waals surface area contributed by atoms with Gasteiger partial charge in [0.1, 0.15) is 24.1 Å². The molecule has 3 aromatic rings. The standard InChI is InChI=1S/C34H37FN4O6S/c1-45-29(41)10-3-2-8-25(36-33(43)27-17-21-6-4-7-24(35)31(21)46-27)32(42)37-26-9-5-11-39(34(26)44)18-28(40)38-30-22-13-19-12-20(15-22)16-23(30)14-19/h3-7,9-11,17,19-20,22-23,25,30H,2,8,12-16,18H2,1H3,(H,36,43)(H,37,42)(H,38,40)/b10-3+/t19?,20?,22?,23?,25-,30?/m0/s1. The molecule has 10 nitrogen and oxygen atoms in total. The van der Waals surface area contributed by atoms with Gasteiger partial charge in [-0.2, -0.15) is 0 Å². The van der Waals surface area contributed by atoms with Gasteiger partial charge in [-0.15, -0.1) is 11.3 Å². The van der Waals surface area contributed by atoms with Crippen LogP contribution in [-0.2, 0) is 25.7 Å². The van der Waals surface area contributed by atoms with Gasteiger partial charge in [0, 0.05) is 18.3 Å². The fourth-order valence-corrected chi connectivity index (χ4v) is 8.64. The molecule has 0 unspecified atom stereocenters. The summed E-state index contributed by atoms with van der Waals surface area (Å²) >= 11 is 0.970. The van der Waals surface area contributed by atoms with E-state index in [-0.39, 0.29) is 41.9 Å². The van der Waals surface area contributed by atoms with Crippen molar-refractivity contribution in [1.29, 1.82) is 0 Å². The summed E-state index contributed by atoms with van der Waals surface area (Å²) in [6.45, 7) is -0.174. The van der Waals surface area contributed by atoms with Crippen LogP contribution in [-0.4, -0.2) is 47.5 Å². The molecule has 0 saturated heterocycles. The fourth-order valence-electron chi connectivity index (χ4n) is 7.67. The van der Waals surface area contributed by atoms with Crippen LogP contribution in [0.4, 0.5) is 10.1 Å². The quantitative estimate of drug-likeness (QED) is 0.209. The molecule has 4 saturated carbocycles. The number of methoxy groups -OCH3 is 1. The minimum absolute atomic E-state index is 0.0387. The minimum Gasteiger partial charge on any atom is -0.466 e. The molecule has 4 bridgehead atoms. The van der Waals surface area contributed by atoms with Gasteiger partial charge in [-0.05, 0) is 98.3 Å². The van der Waals surface area contributed by atoms with Crippen molar-refractivity contribution in [2.45, 2.75) is 63.6 Å². The number of carbonyl (C=O) groups excluding carboxylic acids is 4. The van der Waals surface area contributed by atoms with Crippen molar-refractivity contribution in [2.75, 3.05) is 12.4 Å². The van der Waals surface area contributed by atoms with E-state index in [0.717, 1.165) is 48.9 Å². The van der Waals surface area contributed by atoms with Gasteiger partial charge in [-0.1, -0.05) is 18.2 Å². The van der Waals surface area contributed by atoms with Gasteiger partial charge in [0.25, 0.3) is 11.5 Å². The Morgan fingerprint density at radius 3 is 2.50 bits per heavy atom. The normalized spacial score (nSPS) is 23.7. The number of aromatic nitrogens is 1. The predicted molar refractivity (Wildman–Crippen MR) is 172 cm³/mol. The Balaban J connectivity index is 1.13. The van der Waals surface area contributed by atoms with E-state index in [4.69, 9.17) is 0 Å². The molecule has 3 N–H and O–H groups in total. The Bertz CT molecular complexity index is 1720. The number of hydrogen-bond donors (Lipinski definition) is 3. The number of ether oxygens (including phenoxy) is 1. The van der Waals surface area contributed by atoms with Crippen LogP contribution < -0.4 is 21.5 Å². The molecule has 4 fully saturated rings. The summed E-state index contributed by atoms with van der Waals surface area (Å²) < 4.78 is 20.4. The highest BCUT2D eigenvalue weighted by atomic mass is 32.1. The van der Waals surface area contributed by atoms with E-state index < -0.39 is 35.2 Å². The number of allylic oxidation sites excluding steroid dienone is 1. The number of benzene rings is 1. The van der Waals surface area contributed by atoms with Crippen molar-refractivity contribution in [1.82, 2.24) is 15.2 Å². The molecule has 4 aliphatic rings. The summed E-state index contributed by atoms with van der Waals surface area (Å²) in [5, 5.41) is 9.07. The van der Waals surface area contributed by atoms with E-state index in [0.29, 0.717) is 21.9 Å². The molecule has 0 aliphatic heterocycles. The highest BCUT2D eigenvalue weighted by molar-refractivity contribution is 7.20. The molecule has 242 valence electrons. The van der Waals surface area contributed by atoms with Crippen molar-refractivity contribution in [3.8, 4) is 0 Å². The van der Waals surface area contributed by atoms with Crippen LogP contribution in [0.2, 0.25) is 0 Å². The van der Waals surface area contributed by atoms with Crippen LogP contribution in [0.5, 0.6) is 0 Å². The number of nitrogens with zero attached hydrogens (tertiary/aromatic N) is 1. The Morgan fingerprint density at radius 2 is 1.80 bits per heavy atom. The van der Waals surface area contributed by atoms with E-state index in [1.165, 1.54) is 48.6 Å². The summed E-state index contributed by atoms with van der Waals surface area (Å²) in [5.74, 6) is 0.0980. The molecule has 46 heavy (non-hydrogen) atoms. The molecule has 3 amide bonds. The monoisotopic (exact) mass is 648 g/mol. The fraction of sp³-hybridized carbons (Fsp3) is 0.441. The van der Waals surface area contributed by atoms with Crippen LogP contribution in [0.25, 0.3) is 10.1 Å². The lowest BCUT2D eigenvalue weighted by molar-refractivity contribution is -0.134. The van der Waals surface area contributed by atoms with E-state index in [2.05, 4.69) is 20.7 Å². The first kappa shape index (κ1) is 31.7. The maximum atomic E-state index is 14.2. The third-order valence-electron chi connectivity index (χ3n) is 9.57. The topological polar surface area (TPSA) is 136 Å². The van der Waals surface area contributed by atoms with Crippen molar-refractivity contribution in [3.05, 3.63) is 75.8 Å². The van der Waals surface area contributed by atoms with E-state index in [1.54, 1.807) is 24.3 Å². The SMILES string of the molecule is COC(=O)/C=C/CC[C@H](NC(=O)c1cc2cccc(F)c2s1)C(=O)Nc1cccn(CC(=O)NC2C3CC4CC(C3)CC2C4)c1=O. The molecule has 1 atom stereocenters. The highest BCUT2D eigenvalue weighted by Gasteiger charge is 2.48. The van der Waals surface area contributed by atoms with Crippen molar-refractivity contribution in [2.24, 2.45) is 23.7 Å². The molecule has 0 spiro atoms. The van der Waals surface area contributed by atoms with E-state index in [9.17, 15) is 28.4 Å². The van der Waals surface area contributed by atoms with Crippen molar-refractivity contribution >= 4 is 50.8 Å². The largest absolute Gasteiger partial charge is 0.466 e. The number of rotatable bonds is 11. The number of hydrogen-bond acceptors (Lipinski definition) is 7. The van der Waals surface area contributed by atoms with Crippen molar-refractivity contribution in [3.63, 3.8) is 0 Å². The third-order valence-corrected chi connectivity index (χ3v) is 10.7.